The number of aromatic nitrogens is 3. The van der Waals surface area contributed by atoms with Crippen molar-refractivity contribution in [3.8, 4) is 5.69 Å². The van der Waals surface area contributed by atoms with Crippen LogP contribution in [-0.4, -0.2) is 58.8 Å². The van der Waals surface area contributed by atoms with Crippen LogP contribution in [0.5, 0.6) is 0 Å². The Hall–Kier alpha value is -3.19. The number of carbonyl (C=O) groups is 1. The normalized spacial score (nSPS) is 16.8. The van der Waals surface area contributed by atoms with Crippen LogP contribution in [0.3, 0.4) is 0 Å². The van der Waals surface area contributed by atoms with Crippen LogP contribution in [0.2, 0.25) is 0 Å². The molecule has 3 aromatic rings. The number of fused-ring (bicyclic) bond motifs is 1. The van der Waals surface area contributed by atoms with Crippen LogP contribution in [0.15, 0.2) is 48.7 Å². The number of para-hydroxylation sites is 1. The Kier molecular flexibility index (Phi) is 6.39. The maximum atomic E-state index is 13.3. The van der Waals surface area contributed by atoms with Crippen molar-refractivity contribution >= 4 is 11.7 Å². The number of nitrogens with zero attached hydrogens (tertiary/aromatic N) is 5. The second kappa shape index (κ2) is 9.75. The minimum Gasteiger partial charge on any atom is -0.354 e. The smallest absolute Gasteiger partial charge is 0.272 e. The summed E-state index contributed by atoms with van der Waals surface area (Å²) < 4.78 is 1.98. The molecule has 0 bridgehead atoms. The Labute approximate surface area is 195 Å². The zero-order chi connectivity index (χ0) is 22.6. The highest BCUT2D eigenvalue weighted by Crippen LogP contribution is 2.26. The van der Waals surface area contributed by atoms with Crippen LogP contribution in [0, 0.1) is 0 Å². The monoisotopic (exact) mass is 444 g/mol. The lowest BCUT2D eigenvalue weighted by Crippen LogP contribution is -2.44. The van der Waals surface area contributed by atoms with Crippen molar-refractivity contribution in [2.24, 2.45) is 0 Å². The number of piperazine rings is 1. The lowest BCUT2D eigenvalue weighted by Gasteiger charge is -2.33. The van der Waals surface area contributed by atoms with Crippen molar-refractivity contribution in [1.29, 1.82) is 0 Å². The van der Waals surface area contributed by atoms with Gasteiger partial charge in [0.05, 0.1) is 5.69 Å². The van der Waals surface area contributed by atoms with E-state index in [1.807, 2.05) is 35.1 Å². The van der Waals surface area contributed by atoms with E-state index in [1.165, 1.54) is 12.1 Å². The molecular formula is C26H32N6O. The standard InChI is InChI=1S/C26H32N6O/c1-30-14-16-31(17-15-30)24-18-20(12-13-27-24)19-28-26(33)25-22-10-6-3-7-11-23(22)32(29-25)21-8-4-2-5-9-21/h2,4-5,8-9,12-13,18H,3,6-7,10-11,14-17,19H2,1H3,(H,28,33). The Bertz CT molecular complexity index is 1100. The van der Waals surface area contributed by atoms with Crippen LogP contribution >= 0.6 is 0 Å². The first-order valence-electron chi connectivity index (χ1n) is 12.0. The molecule has 5 rings (SSSR count). The maximum absolute atomic E-state index is 13.3. The first-order chi connectivity index (χ1) is 16.2. The second-order valence-corrected chi connectivity index (χ2v) is 9.08. The first kappa shape index (κ1) is 21.6. The third-order valence-corrected chi connectivity index (χ3v) is 6.74. The predicted molar refractivity (Wildman–Crippen MR) is 130 cm³/mol. The molecule has 1 aliphatic heterocycles. The van der Waals surface area contributed by atoms with Gasteiger partial charge in [0.25, 0.3) is 5.91 Å². The number of carbonyl (C=O) groups excluding carboxylic acids is 1. The lowest BCUT2D eigenvalue weighted by molar-refractivity contribution is 0.0944. The first-order valence-corrected chi connectivity index (χ1v) is 12.0. The summed E-state index contributed by atoms with van der Waals surface area (Å²) in [7, 11) is 2.15. The molecule has 0 spiro atoms. The number of pyridine rings is 1. The molecular weight excluding hydrogens is 412 g/mol. The topological polar surface area (TPSA) is 66.3 Å². The van der Waals surface area contributed by atoms with Gasteiger partial charge in [-0.25, -0.2) is 9.67 Å². The third-order valence-electron chi connectivity index (χ3n) is 6.74. The van der Waals surface area contributed by atoms with Crippen molar-refractivity contribution in [3.05, 3.63) is 71.2 Å². The minimum atomic E-state index is -0.0965. The van der Waals surface area contributed by atoms with E-state index in [1.54, 1.807) is 0 Å². The highest BCUT2D eigenvalue weighted by Gasteiger charge is 2.24. The van der Waals surface area contributed by atoms with Gasteiger partial charge in [-0.3, -0.25) is 4.79 Å². The summed E-state index contributed by atoms with van der Waals surface area (Å²) in [6, 6.07) is 14.2. The summed E-state index contributed by atoms with van der Waals surface area (Å²) in [5, 5.41) is 7.91. The van der Waals surface area contributed by atoms with Crippen molar-refractivity contribution in [3.63, 3.8) is 0 Å². The van der Waals surface area contributed by atoms with Crippen LogP contribution < -0.4 is 10.2 Å². The van der Waals surface area contributed by atoms with Crippen molar-refractivity contribution < 1.29 is 4.79 Å². The van der Waals surface area contributed by atoms with E-state index in [0.29, 0.717) is 12.2 Å². The molecule has 7 nitrogen and oxygen atoms in total. The summed E-state index contributed by atoms with van der Waals surface area (Å²) in [6.07, 6.45) is 7.14. The number of hydrogen-bond donors (Lipinski definition) is 1. The molecule has 7 heteroatoms. The molecule has 0 radical (unpaired) electrons. The number of rotatable bonds is 5. The quantitative estimate of drug-likeness (QED) is 0.612. The Morgan fingerprint density at radius 1 is 1.00 bits per heavy atom. The molecule has 2 aliphatic rings. The van der Waals surface area contributed by atoms with Crippen LogP contribution in [-0.2, 0) is 19.4 Å². The number of anilines is 1. The molecule has 0 unspecified atom stereocenters. The van der Waals surface area contributed by atoms with Gasteiger partial charge in [0.2, 0.25) is 0 Å². The second-order valence-electron chi connectivity index (χ2n) is 9.08. The van der Waals surface area contributed by atoms with E-state index in [4.69, 9.17) is 5.10 Å². The van der Waals surface area contributed by atoms with E-state index in [-0.39, 0.29) is 5.91 Å². The van der Waals surface area contributed by atoms with E-state index in [2.05, 4.69) is 45.3 Å². The SMILES string of the molecule is CN1CCN(c2cc(CNC(=O)c3nn(-c4ccccc4)c4c3CCCCC4)ccn2)CC1. The van der Waals surface area contributed by atoms with Gasteiger partial charge in [0.15, 0.2) is 5.69 Å². The van der Waals surface area contributed by atoms with Crippen molar-refractivity contribution in [1.82, 2.24) is 25.0 Å². The van der Waals surface area contributed by atoms with E-state index in [0.717, 1.165) is 74.5 Å². The van der Waals surface area contributed by atoms with Gasteiger partial charge in [-0.1, -0.05) is 24.6 Å². The summed E-state index contributed by atoms with van der Waals surface area (Å²) in [5.74, 6) is 0.887. The molecule has 33 heavy (non-hydrogen) atoms. The lowest BCUT2D eigenvalue weighted by atomic mass is 10.1. The van der Waals surface area contributed by atoms with Gasteiger partial charge in [-0.05, 0) is 62.6 Å². The molecule has 172 valence electrons. The molecule has 1 fully saturated rings. The van der Waals surface area contributed by atoms with E-state index >= 15 is 0 Å². The number of benzene rings is 1. The van der Waals surface area contributed by atoms with E-state index < -0.39 is 0 Å². The van der Waals surface area contributed by atoms with Crippen LogP contribution in [0.25, 0.3) is 5.69 Å². The molecule has 0 atom stereocenters. The summed E-state index contributed by atoms with van der Waals surface area (Å²) >= 11 is 0. The van der Waals surface area contributed by atoms with Gasteiger partial charge in [-0.2, -0.15) is 5.10 Å². The van der Waals surface area contributed by atoms with Gasteiger partial charge >= 0.3 is 0 Å². The van der Waals surface area contributed by atoms with Crippen molar-refractivity contribution in [2.75, 3.05) is 38.1 Å². The zero-order valence-electron chi connectivity index (χ0n) is 19.3. The molecule has 1 N–H and O–H groups in total. The van der Waals surface area contributed by atoms with E-state index in [9.17, 15) is 4.79 Å². The Morgan fingerprint density at radius 3 is 2.61 bits per heavy atom. The number of hydrogen-bond acceptors (Lipinski definition) is 5. The average molecular weight is 445 g/mol. The molecule has 3 heterocycles. The summed E-state index contributed by atoms with van der Waals surface area (Å²) in [6.45, 7) is 4.50. The molecule has 1 amide bonds. The largest absolute Gasteiger partial charge is 0.354 e. The molecule has 2 aromatic heterocycles. The Morgan fingerprint density at radius 2 is 1.79 bits per heavy atom. The highest BCUT2D eigenvalue weighted by atomic mass is 16.1. The van der Waals surface area contributed by atoms with Crippen LogP contribution in [0.1, 0.15) is 46.6 Å². The summed E-state index contributed by atoms with van der Waals surface area (Å²) in [5.41, 5.74) is 4.94. The minimum absolute atomic E-state index is 0.0965. The van der Waals surface area contributed by atoms with Crippen molar-refractivity contribution in [2.45, 2.75) is 38.6 Å². The molecule has 1 saturated heterocycles. The number of nitrogens with one attached hydrogen (secondary N) is 1. The number of amides is 1. The molecule has 1 aromatic carbocycles. The molecule has 0 saturated carbocycles. The Balaban J connectivity index is 1.33. The van der Waals surface area contributed by atoms with Gasteiger partial charge < -0.3 is 15.1 Å². The fourth-order valence-electron chi connectivity index (χ4n) is 4.79. The number of likely N-dealkylation sites (N-methyl/N-ethyl adjacent to an activating group) is 1. The summed E-state index contributed by atoms with van der Waals surface area (Å²) in [4.78, 5) is 22.5. The average Bonchev–Trinajstić information content (AvgIpc) is 3.04. The molecule has 1 aliphatic carbocycles. The van der Waals surface area contributed by atoms with Gasteiger partial charge in [0, 0.05) is 50.2 Å². The van der Waals surface area contributed by atoms with Gasteiger partial charge in [0.1, 0.15) is 5.82 Å². The van der Waals surface area contributed by atoms with Gasteiger partial charge in [-0.15, -0.1) is 0 Å². The zero-order valence-corrected chi connectivity index (χ0v) is 19.3. The fraction of sp³-hybridized carbons (Fsp3) is 0.423. The third kappa shape index (κ3) is 4.78. The maximum Gasteiger partial charge on any atom is 0.272 e. The predicted octanol–water partition coefficient (Wildman–Crippen LogP) is 3.22. The fourth-order valence-corrected chi connectivity index (χ4v) is 4.79. The highest BCUT2D eigenvalue weighted by molar-refractivity contribution is 5.94. The van der Waals surface area contributed by atoms with Crippen LogP contribution in [0.4, 0.5) is 5.82 Å².